The van der Waals surface area contributed by atoms with E-state index in [4.69, 9.17) is 5.26 Å². The van der Waals surface area contributed by atoms with Gasteiger partial charge in [0.25, 0.3) is 0 Å². The van der Waals surface area contributed by atoms with Crippen molar-refractivity contribution < 1.29 is 8.42 Å². The van der Waals surface area contributed by atoms with Crippen LogP contribution >= 0.6 is 0 Å². The summed E-state index contributed by atoms with van der Waals surface area (Å²) < 4.78 is 23.9. The zero-order valence-electron chi connectivity index (χ0n) is 10.9. The van der Waals surface area contributed by atoms with Crippen molar-refractivity contribution in [3.8, 4) is 6.07 Å². The maximum absolute atomic E-state index is 11.9. The highest BCUT2D eigenvalue weighted by atomic mass is 32.2. The Hall–Kier alpha value is -1.54. The summed E-state index contributed by atoms with van der Waals surface area (Å²) in [6.45, 7) is 3.97. The Morgan fingerprint density at radius 2 is 1.83 bits per heavy atom. The number of nitrogens with zero attached hydrogens (tertiary/aromatic N) is 2. The second-order valence-corrected chi connectivity index (χ2v) is 6.92. The molecular formula is C13H18N2O2S. The number of anilines is 1. The van der Waals surface area contributed by atoms with Crippen molar-refractivity contribution in [1.29, 1.82) is 5.26 Å². The molecule has 0 N–H and O–H groups in total. The Kier molecular flexibility index (Phi) is 4.74. The highest BCUT2D eigenvalue weighted by Gasteiger charge is 2.18. The minimum absolute atomic E-state index is 0.343. The summed E-state index contributed by atoms with van der Waals surface area (Å²) in [5.41, 5.74) is 0.910. The van der Waals surface area contributed by atoms with E-state index in [1.165, 1.54) is 0 Å². The van der Waals surface area contributed by atoms with Gasteiger partial charge in [-0.3, -0.25) is 0 Å². The molecule has 1 aromatic rings. The van der Waals surface area contributed by atoms with Crippen molar-refractivity contribution in [2.24, 2.45) is 0 Å². The van der Waals surface area contributed by atoms with Crippen LogP contribution in [-0.2, 0) is 9.84 Å². The molecule has 0 fully saturated rings. The van der Waals surface area contributed by atoms with Gasteiger partial charge in [0.05, 0.1) is 22.6 Å². The Morgan fingerprint density at radius 3 is 2.28 bits per heavy atom. The van der Waals surface area contributed by atoms with E-state index in [0.29, 0.717) is 17.9 Å². The lowest BCUT2D eigenvalue weighted by atomic mass is 10.3. The first-order valence-electron chi connectivity index (χ1n) is 5.81. The third-order valence-corrected chi connectivity index (χ3v) is 4.96. The van der Waals surface area contributed by atoms with E-state index in [0.717, 1.165) is 5.69 Å². The topological polar surface area (TPSA) is 61.2 Å². The first-order valence-corrected chi connectivity index (χ1v) is 7.36. The molecule has 4 nitrogen and oxygen atoms in total. The fourth-order valence-corrected chi connectivity index (χ4v) is 2.57. The number of nitriles is 1. The second kappa shape index (κ2) is 5.87. The largest absolute Gasteiger partial charge is 0.374 e. The van der Waals surface area contributed by atoms with Gasteiger partial charge in [-0.15, -0.1) is 0 Å². The number of rotatable bonds is 5. The molecule has 1 aromatic carbocycles. The predicted molar refractivity (Wildman–Crippen MR) is 72.3 cm³/mol. The lowest BCUT2D eigenvalue weighted by molar-refractivity contribution is 0.587. The van der Waals surface area contributed by atoms with Crippen LogP contribution in [-0.4, -0.2) is 27.3 Å². The molecule has 0 radical (unpaired) electrons. The highest BCUT2D eigenvalue weighted by molar-refractivity contribution is 7.92. The van der Waals surface area contributed by atoms with Crippen LogP contribution in [0.4, 0.5) is 5.69 Å². The molecule has 98 valence electrons. The zero-order valence-corrected chi connectivity index (χ0v) is 11.7. The molecular weight excluding hydrogens is 248 g/mol. The van der Waals surface area contributed by atoms with Crippen LogP contribution in [0.3, 0.4) is 0 Å². The Balaban J connectivity index is 2.91. The molecule has 0 aliphatic rings. The molecule has 5 heteroatoms. The van der Waals surface area contributed by atoms with Gasteiger partial charge in [-0.2, -0.15) is 5.26 Å². The lowest BCUT2D eigenvalue weighted by Gasteiger charge is -2.18. The normalized spacial score (nSPS) is 11.3. The van der Waals surface area contributed by atoms with Gasteiger partial charge in [0.2, 0.25) is 0 Å². The smallest absolute Gasteiger partial charge is 0.180 e. The molecule has 0 bridgehead atoms. The van der Waals surface area contributed by atoms with Crippen LogP contribution in [0.2, 0.25) is 0 Å². The summed E-state index contributed by atoms with van der Waals surface area (Å²) in [6, 6.07) is 8.86. The maximum Gasteiger partial charge on any atom is 0.180 e. The van der Waals surface area contributed by atoms with Gasteiger partial charge < -0.3 is 4.90 Å². The first-order chi connectivity index (χ1) is 8.39. The Labute approximate surface area is 109 Å². The minimum Gasteiger partial charge on any atom is -0.374 e. The number of hydrogen-bond acceptors (Lipinski definition) is 4. The molecule has 18 heavy (non-hydrogen) atoms. The van der Waals surface area contributed by atoms with E-state index < -0.39 is 15.1 Å². The van der Waals surface area contributed by atoms with Gasteiger partial charge in [0.15, 0.2) is 9.84 Å². The summed E-state index contributed by atoms with van der Waals surface area (Å²) >= 11 is 0. The van der Waals surface area contributed by atoms with Crippen LogP contribution in [0.1, 0.15) is 20.3 Å². The van der Waals surface area contributed by atoms with E-state index in [2.05, 4.69) is 6.07 Å². The van der Waals surface area contributed by atoms with Crippen molar-refractivity contribution in [3.63, 3.8) is 0 Å². The summed E-state index contributed by atoms with van der Waals surface area (Å²) in [5.74, 6) is 0. The summed E-state index contributed by atoms with van der Waals surface area (Å²) in [4.78, 5) is 2.27. The molecule has 0 heterocycles. The van der Waals surface area contributed by atoms with Crippen molar-refractivity contribution in [2.45, 2.75) is 30.4 Å². The van der Waals surface area contributed by atoms with Crippen molar-refractivity contribution in [1.82, 2.24) is 0 Å². The van der Waals surface area contributed by atoms with Gasteiger partial charge in [-0.05, 0) is 38.1 Å². The molecule has 0 atom stereocenters. The zero-order chi connectivity index (χ0) is 13.8. The molecule has 0 amide bonds. The highest BCUT2D eigenvalue weighted by Crippen LogP contribution is 2.20. The van der Waals surface area contributed by atoms with Crippen LogP contribution in [0.25, 0.3) is 0 Å². The molecule has 0 aliphatic heterocycles. The van der Waals surface area contributed by atoms with Gasteiger partial charge in [0, 0.05) is 19.3 Å². The fraction of sp³-hybridized carbons (Fsp3) is 0.462. The third kappa shape index (κ3) is 3.23. The lowest BCUT2D eigenvalue weighted by Crippen LogP contribution is -2.18. The average molecular weight is 266 g/mol. The second-order valence-electron chi connectivity index (χ2n) is 4.42. The predicted octanol–water partition coefficient (Wildman–Crippen LogP) is 2.22. The average Bonchev–Trinajstić information content (AvgIpc) is 2.35. The molecule has 0 saturated carbocycles. The molecule has 1 rings (SSSR count). The van der Waals surface area contributed by atoms with E-state index in [1.807, 2.05) is 11.9 Å². The number of benzene rings is 1. The summed E-state index contributed by atoms with van der Waals surface area (Å²) in [5, 5.41) is 8.10. The monoisotopic (exact) mass is 266 g/mol. The van der Waals surface area contributed by atoms with Crippen LogP contribution in [0.5, 0.6) is 0 Å². The molecule has 0 saturated heterocycles. The van der Waals surface area contributed by atoms with Gasteiger partial charge in [-0.1, -0.05) is 0 Å². The quantitative estimate of drug-likeness (QED) is 0.820. The molecule has 0 spiro atoms. The van der Waals surface area contributed by atoms with Crippen molar-refractivity contribution >= 4 is 15.5 Å². The van der Waals surface area contributed by atoms with E-state index in [1.54, 1.807) is 38.1 Å². The van der Waals surface area contributed by atoms with Crippen molar-refractivity contribution in [3.05, 3.63) is 24.3 Å². The van der Waals surface area contributed by atoms with Gasteiger partial charge in [-0.25, -0.2) is 8.42 Å². The Bertz CT molecular complexity index is 527. The molecule has 0 aliphatic carbocycles. The van der Waals surface area contributed by atoms with E-state index >= 15 is 0 Å². The fourth-order valence-electron chi connectivity index (χ4n) is 1.51. The molecule has 0 aromatic heterocycles. The van der Waals surface area contributed by atoms with E-state index in [9.17, 15) is 8.42 Å². The summed E-state index contributed by atoms with van der Waals surface area (Å²) in [7, 11) is -1.33. The third-order valence-electron chi connectivity index (χ3n) is 2.79. The van der Waals surface area contributed by atoms with Crippen molar-refractivity contribution in [2.75, 3.05) is 18.5 Å². The first kappa shape index (κ1) is 14.5. The van der Waals surface area contributed by atoms with Crippen LogP contribution in [0.15, 0.2) is 29.2 Å². The van der Waals surface area contributed by atoms with Crippen LogP contribution in [0, 0.1) is 11.3 Å². The number of sulfone groups is 1. The SMILES string of the molecule is CC(C)S(=O)(=O)c1ccc(N(C)CCC#N)cc1. The minimum atomic E-state index is -3.21. The van der Waals surface area contributed by atoms with E-state index in [-0.39, 0.29) is 0 Å². The summed E-state index contributed by atoms with van der Waals surface area (Å²) in [6.07, 6.45) is 0.447. The molecule has 0 unspecified atom stereocenters. The standard InChI is InChI=1S/C13H18N2O2S/c1-11(2)18(16,17)13-7-5-12(6-8-13)15(3)10-4-9-14/h5-8,11H,4,10H2,1-3H3. The van der Waals surface area contributed by atoms with Gasteiger partial charge in [0.1, 0.15) is 0 Å². The number of hydrogen-bond donors (Lipinski definition) is 0. The maximum atomic E-state index is 11.9. The van der Waals surface area contributed by atoms with Gasteiger partial charge >= 0.3 is 0 Å². The van der Waals surface area contributed by atoms with Crippen LogP contribution < -0.4 is 4.90 Å². The Morgan fingerprint density at radius 1 is 1.28 bits per heavy atom.